The van der Waals surface area contributed by atoms with Crippen LogP contribution in [0.15, 0.2) is 6.20 Å². The summed E-state index contributed by atoms with van der Waals surface area (Å²) in [6.07, 6.45) is 1.85. The van der Waals surface area contributed by atoms with Crippen molar-refractivity contribution >= 4 is 28.4 Å². The standard InChI is InChI=1S/C12H19IN4O/c1-3-14-11-9(13)7-15-12(16-11)10-8-17(4-2)5-6-18-10/h7,10H,3-6,8H2,1-2H3,(H,14,15,16). The molecule has 1 unspecified atom stereocenters. The van der Waals surface area contributed by atoms with Gasteiger partial charge >= 0.3 is 0 Å². The van der Waals surface area contributed by atoms with Crippen molar-refractivity contribution in [2.75, 3.05) is 38.1 Å². The first-order valence-corrected chi connectivity index (χ1v) is 7.42. The van der Waals surface area contributed by atoms with Crippen LogP contribution < -0.4 is 5.32 Å². The highest BCUT2D eigenvalue weighted by Gasteiger charge is 2.23. The minimum absolute atomic E-state index is 0.00638. The SMILES string of the molecule is CCNc1nc(C2CN(CC)CCO2)ncc1I. The van der Waals surface area contributed by atoms with E-state index in [4.69, 9.17) is 4.74 Å². The van der Waals surface area contributed by atoms with Gasteiger partial charge in [-0.1, -0.05) is 6.92 Å². The number of anilines is 1. The highest BCUT2D eigenvalue weighted by Crippen LogP contribution is 2.22. The summed E-state index contributed by atoms with van der Waals surface area (Å²) in [5.41, 5.74) is 0. The molecule has 1 aliphatic rings. The van der Waals surface area contributed by atoms with E-state index in [2.05, 4.69) is 56.6 Å². The predicted octanol–water partition coefficient (Wildman–Crippen LogP) is 1.91. The fraction of sp³-hybridized carbons (Fsp3) is 0.667. The monoisotopic (exact) mass is 362 g/mol. The molecule has 1 aromatic heterocycles. The maximum absolute atomic E-state index is 5.77. The quantitative estimate of drug-likeness (QED) is 0.830. The molecule has 1 aliphatic heterocycles. The van der Waals surface area contributed by atoms with E-state index < -0.39 is 0 Å². The minimum atomic E-state index is -0.00638. The van der Waals surface area contributed by atoms with Gasteiger partial charge in [-0.2, -0.15) is 0 Å². The van der Waals surface area contributed by atoms with E-state index >= 15 is 0 Å². The molecular formula is C12H19IN4O. The van der Waals surface area contributed by atoms with Crippen LogP contribution in [0.5, 0.6) is 0 Å². The van der Waals surface area contributed by atoms with Crippen LogP contribution in [0.25, 0.3) is 0 Å². The Kier molecular flexibility index (Phi) is 5.13. The zero-order valence-electron chi connectivity index (χ0n) is 10.8. The van der Waals surface area contributed by atoms with Crippen LogP contribution in [0.4, 0.5) is 5.82 Å². The Hall–Kier alpha value is -0.470. The first kappa shape index (κ1) is 14.0. The Labute approximate surface area is 121 Å². The molecule has 5 nitrogen and oxygen atoms in total. The average Bonchev–Trinajstić information content (AvgIpc) is 2.41. The molecule has 0 aromatic carbocycles. The van der Waals surface area contributed by atoms with Crippen molar-refractivity contribution in [3.05, 3.63) is 15.6 Å². The Balaban J connectivity index is 2.14. The second kappa shape index (κ2) is 6.63. The Bertz CT molecular complexity index is 402. The van der Waals surface area contributed by atoms with Crippen LogP contribution in [-0.4, -0.2) is 47.7 Å². The molecule has 0 saturated carbocycles. The van der Waals surface area contributed by atoms with E-state index in [0.717, 1.165) is 48.0 Å². The lowest BCUT2D eigenvalue weighted by Crippen LogP contribution is -2.38. The summed E-state index contributed by atoms with van der Waals surface area (Å²) < 4.78 is 6.82. The average molecular weight is 362 g/mol. The predicted molar refractivity (Wildman–Crippen MR) is 79.7 cm³/mol. The van der Waals surface area contributed by atoms with Crippen LogP contribution in [0, 0.1) is 3.57 Å². The van der Waals surface area contributed by atoms with Crippen molar-refractivity contribution in [2.24, 2.45) is 0 Å². The van der Waals surface area contributed by atoms with E-state index in [0.29, 0.717) is 0 Å². The molecule has 18 heavy (non-hydrogen) atoms. The zero-order valence-corrected chi connectivity index (χ0v) is 13.0. The molecular weight excluding hydrogens is 343 g/mol. The molecule has 2 rings (SSSR count). The summed E-state index contributed by atoms with van der Waals surface area (Å²) in [4.78, 5) is 11.3. The van der Waals surface area contributed by atoms with Gasteiger partial charge in [-0.15, -0.1) is 0 Å². The maximum Gasteiger partial charge on any atom is 0.160 e. The molecule has 6 heteroatoms. The Morgan fingerprint density at radius 1 is 1.56 bits per heavy atom. The topological polar surface area (TPSA) is 50.3 Å². The third-order valence-corrected chi connectivity index (χ3v) is 3.78. The van der Waals surface area contributed by atoms with Crippen LogP contribution in [-0.2, 0) is 4.74 Å². The molecule has 2 heterocycles. The second-order valence-corrected chi connectivity index (χ2v) is 5.37. The third kappa shape index (κ3) is 3.30. The number of likely N-dealkylation sites (N-methyl/N-ethyl adjacent to an activating group) is 1. The first-order valence-electron chi connectivity index (χ1n) is 6.34. The molecule has 0 aliphatic carbocycles. The number of nitrogens with zero attached hydrogens (tertiary/aromatic N) is 3. The fourth-order valence-corrected chi connectivity index (χ4v) is 2.42. The van der Waals surface area contributed by atoms with Gasteiger partial charge in [0.1, 0.15) is 11.9 Å². The van der Waals surface area contributed by atoms with Crippen LogP contribution in [0.2, 0.25) is 0 Å². The van der Waals surface area contributed by atoms with E-state index in [1.165, 1.54) is 0 Å². The van der Waals surface area contributed by atoms with Crippen molar-refractivity contribution in [3.63, 3.8) is 0 Å². The van der Waals surface area contributed by atoms with Crippen molar-refractivity contribution in [1.82, 2.24) is 14.9 Å². The van der Waals surface area contributed by atoms with Crippen LogP contribution >= 0.6 is 22.6 Å². The number of aromatic nitrogens is 2. The van der Waals surface area contributed by atoms with Gasteiger partial charge in [-0.05, 0) is 36.1 Å². The summed E-state index contributed by atoms with van der Waals surface area (Å²) in [5.74, 6) is 1.69. The summed E-state index contributed by atoms with van der Waals surface area (Å²) in [7, 11) is 0. The molecule has 0 bridgehead atoms. The lowest BCUT2D eigenvalue weighted by Gasteiger charge is -2.31. The first-order chi connectivity index (χ1) is 8.74. The third-order valence-electron chi connectivity index (χ3n) is 2.99. The van der Waals surface area contributed by atoms with Crippen molar-refractivity contribution in [2.45, 2.75) is 20.0 Å². The van der Waals surface area contributed by atoms with Gasteiger partial charge in [0.25, 0.3) is 0 Å². The van der Waals surface area contributed by atoms with Gasteiger partial charge in [-0.3, -0.25) is 4.90 Å². The molecule has 1 fully saturated rings. The summed E-state index contributed by atoms with van der Waals surface area (Å²) in [6.45, 7) is 8.77. The van der Waals surface area contributed by atoms with Gasteiger partial charge < -0.3 is 10.1 Å². The van der Waals surface area contributed by atoms with Gasteiger partial charge in [0, 0.05) is 25.8 Å². The summed E-state index contributed by atoms with van der Waals surface area (Å²) in [5, 5.41) is 3.25. The molecule has 100 valence electrons. The molecule has 0 spiro atoms. The normalized spacial score (nSPS) is 20.9. The molecule has 1 aromatic rings. The highest BCUT2D eigenvalue weighted by molar-refractivity contribution is 14.1. The number of ether oxygens (including phenoxy) is 1. The number of rotatable bonds is 4. The smallest absolute Gasteiger partial charge is 0.160 e. The van der Waals surface area contributed by atoms with Gasteiger partial charge in [0.2, 0.25) is 0 Å². The van der Waals surface area contributed by atoms with Crippen molar-refractivity contribution in [3.8, 4) is 0 Å². The van der Waals surface area contributed by atoms with Crippen molar-refractivity contribution < 1.29 is 4.74 Å². The Morgan fingerprint density at radius 2 is 2.39 bits per heavy atom. The zero-order chi connectivity index (χ0) is 13.0. The van der Waals surface area contributed by atoms with E-state index in [1.807, 2.05) is 6.20 Å². The number of morpholine rings is 1. The summed E-state index contributed by atoms with van der Waals surface area (Å²) in [6, 6.07) is 0. The number of halogens is 1. The van der Waals surface area contributed by atoms with E-state index in [-0.39, 0.29) is 6.10 Å². The molecule has 0 amide bonds. The number of hydrogen-bond acceptors (Lipinski definition) is 5. The van der Waals surface area contributed by atoms with Gasteiger partial charge in [-0.25, -0.2) is 9.97 Å². The van der Waals surface area contributed by atoms with Gasteiger partial charge in [0.15, 0.2) is 5.82 Å². The van der Waals surface area contributed by atoms with Crippen LogP contribution in [0.1, 0.15) is 25.8 Å². The molecule has 1 atom stereocenters. The van der Waals surface area contributed by atoms with E-state index in [1.54, 1.807) is 0 Å². The number of hydrogen-bond donors (Lipinski definition) is 1. The second-order valence-electron chi connectivity index (χ2n) is 4.21. The highest BCUT2D eigenvalue weighted by atomic mass is 127. The maximum atomic E-state index is 5.77. The molecule has 1 N–H and O–H groups in total. The largest absolute Gasteiger partial charge is 0.369 e. The van der Waals surface area contributed by atoms with Gasteiger partial charge in [0.05, 0.1) is 10.2 Å². The lowest BCUT2D eigenvalue weighted by molar-refractivity contribution is -0.0325. The Morgan fingerprint density at radius 3 is 3.11 bits per heavy atom. The lowest BCUT2D eigenvalue weighted by atomic mass is 10.2. The van der Waals surface area contributed by atoms with Crippen LogP contribution in [0.3, 0.4) is 0 Å². The van der Waals surface area contributed by atoms with Crippen molar-refractivity contribution in [1.29, 1.82) is 0 Å². The minimum Gasteiger partial charge on any atom is -0.369 e. The van der Waals surface area contributed by atoms with E-state index in [9.17, 15) is 0 Å². The summed E-state index contributed by atoms with van der Waals surface area (Å²) >= 11 is 2.24. The molecule has 1 saturated heterocycles. The molecule has 0 radical (unpaired) electrons. The number of nitrogens with one attached hydrogen (secondary N) is 1. The fourth-order valence-electron chi connectivity index (χ4n) is 1.97.